The number of benzene rings is 3. The average Bonchev–Trinajstić information content (AvgIpc) is 3.06. The number of ketones is 1. The number of fused-ring (bicyclic) bond motifs is 1. The molecule has 0 amide bonds. The minimum atomic E-state index is -0.430. The Morgan fingerprint density at radius 2 is 1.56 bits per heavy atom. The lowest BCUT2D eigenvalue weighted by molar-refractivity contribution is -0.116. The Morgan fingerprint density at radius 3 is 2.28 bits per heavy atom. The predicted molar refractivity (Wildman–Crippen MR) is 142 cm³/mol. The molecule has 7 nitrogen and oxygen atoms in total. The van der Waals surface area contributed by atoms with Crippen LogP contribution >= 0.6 is 15.9 Å². The van der Waals surface area contributed by atoms with E-state index in [1.807, 2.05) is 48.5 Å². The van der Waals surface area contributed by atoms with E-state index in [1.54, 1.807) is 20.3 Å². The highest BCUT2D eigenvalue weighted by Crippen LogP contribution is 2.47. The molecule has 1 aliphatic carbocycles. The van der Waals surface area contributed by atoms with Crippen molar-refractivity contribution in [3.05, 3.63) is 81.5 Å². The molecule has 3 N–H and O–H groups in total. The number of hydrogen-bond acceptors (Lipinski definition) is 7. The van der Waals surface area contributed by atoms with Crippen LogP contribution < -0.4 is 24.8 Å². The molecule has 0 spiro atoms. The van der Waals surface area contributed by atoms with Gasteiger partial charge < -0.3 is 30.0 Å². The molecule has 3 aromatic rings. The summed E-state index contributed by atoms with van der Waals surface area (Å²) in [6, 6.07) is 16.9. The first-order valence-corrected chi connectivity index (χ1v) is 12.4. The number of nitrogens with one attached hydrogen (secondary N) is 2. The molecule has 8 heteroatoms. The molecule has 0 fully saturated rings. The number of allylic oxidation sites excluding steroid dienone is 1. The van der Waals surface area contributed by atoms with E-state index in [2.05, 4.69) is 26.6 Å². The van der Waals surface area contributed by atoms with E-state index in [0.29, 0.717) is 40.1 Å². The molecule has 2 atom stereocenters. The molecule has 36 heavy (non-hydrogen) atoms. The van der Waals surface area contributed by atoms with Crippen LogP contribution in [0.15, 0.2) is 70.3 Å². The SMILES string of the molecule is COc1ccc([C@@H]2CC(=O)C3=C(C2)Nc2ccccc2N[C@@H]3c2cc(Br)c(O)c(OC)c2)cc1OC. The molecule has 2 aliphatic rings. The number of para-hydroxylation sites is 2. The number of carbonyl (C=O) groups is 1. The van der Waals surface area contributed by atoms with Crippen LogP contribution in [0, 0.1) is 0 Å². The van der Waals surface area contributed by atoms with Crippen molar-refractivity contribution in [1.82, 2.24) is 0 Å². The lowest BCUT2D eigenvalue weighted by atomic mass is 9.78. The monoisotopic (exact) mass is 550 g/mol. The van der Waals surface area contributed by atoms with E-state index in [4.69, 9.17) is 14.2 Å². The van der Waals surface area contributed by atoms with Crippen molar-refractivity contribution in [2.45, 2.75) is 24.8 Å². The van der Waals surface area contributed by atoms with Crippen molar-refractivity contribution < 1.29 is 24.1 Å². The number of halogens is 1. The number of rotatable bonds is 5. The fraction of sp³-hybridized carbons (Fsp3) is 0.250. The maximum absolute atomic E-state index is 13.8. The second-order valence-electron chi connectivity index (χ2n) is 8.84. The average molecular weight is 551 g/mol. The molecular weight excluding hydrogens is 524 g/mol. The third-order valence-electron chi connectivity index (χ3n) is 6.79. The molecule has 0 radical (unpaired) electrons. The number of methoxy groups -OCH3 is 3. The summed E-state index contributed by atoms with van der Waals surface area (Å²) in [4.78, 5) is 13.8. The molecule has 5 rings (SSSR count). The van der Waals surface area contributed by atoms with Crippen LogP contribution in [-0.4, -0.2) is 32.2 Å². The quantitative estimate of drug-likeness (QED) is 0.350. The summed E-state index contributed by atoms with van der Waals surface area (Å²) in [6.07, 6.45) is 1.01. The summed E-state index contributed by atoms with van der Waals surface area (Å²) >= 11 is 3.43. The minimum absolute atomic E-state index is 0.0180. The van der Waals surface area contributed by atoms with Gasteiger partial charge in [0, 0.05) is 17.7 Å². The Kier molecular flexibility index (Phi) is 6.53. The molecule has 1 aliphatic heterocycles. The van der Waals surface area contributed by atoms with Gasteiger partial charge >= 0.3 is 0 Å². The fourth-order valence-corrected chi connectivity index (χ4v) is 5.46. The summed E-state index contributed by atoms with van der Waals surface area (Å²) < 4.78 is 16.8. The fourth-order valence-electron chi connectivity index (χ4n) is 5.00. The van der Waals surface area contributed by atoms with Gasteiger partial charge in [-0.25, -0.2) is 0 Å². The van der Waals surface area contributed by atoms with Crippen molar-refractivity contribution in [1.29, 1.82) is 0 Å². The normalized spacial score (nSPS) is 18.8. The Morgan fingerprint density at radius 1 is 0.861 bits per heavy atom. The van der Waals surface area contributed by atoms with Gasteiger partial charge in [-0.3, -0.25) is 4.79 Å². The van der Waals surface area contributed by atoms with Crippen LogP contribution in [0.25, 0.3) is 0 Å². The second kappa shape index (κ2) is 9.78. The van der Waals surface area contributed by atoms with E-state index in [0.717, 1.165) is 28.2 Å². The summed E-state index contributed by atoms with van der Waals surface area (Å²) in [6.45, 7) is 0. The van der Waals surface area contributed by atoms with Crippen molar-refractivity contribution >= 4 is 33.1 Å². The largest absolute Gasteiger partial charge is 0.503 e. The Bertz CT molecular complexity index is 1370. The zero-order chi connectivity index (χ0) is 25.4. The van der Waals surface area contributed by atoms with Gasteiger partial charge in [0.05, 0.1) is 43.2 Å². The summed E-state index contributed by atoms with van der Waals surface area (Å²) in [7, 11) is 4.72. The molecule has 0 saturated carbocycles. The standard InChI is InChI=1S/C28H27BrN2O5/c1-34-23-9-8-15(13-24(23)35-2)16-11-21-26(22(32)12-16)27(31-20-7-5-4-6-19(20)30-21)17-10-18(29)28(33)25(14-17)36-3/h4-10,13-14,16,27,30-31,33H,11-12H2,1-3H3/t16-,27+/m0/s1. The number of hydrogen-bond donors (Lipinski definition) is 3. The highest BCUT2D eigenvalue weighted by atomic mass is 79.9. The number of phenols is 1. The van der Waals surface area contributed by atoms with E-state index in [9.17, 15) is 9.90 Å². The third kappa shape index (κ3) is 4.26. The molecule has 1 heterocycles. The second-order valence-corrected chi connectivity index (χ2v) is 9.69. The van der Waals surface area contributed by atoms with Crippen LogP contribution in [0.2, 0.25) is 0 Å². The van der Waals surface area contributed by atoms with Crippen LogP contribution in [0.3, 0.4) is 0 Å². The first-order valence-electron chi connectivity index (χ1n) is 11.6. The molecule has 186 valence electrons. The van der Waals surface area contributed by atoms with E-state index >= 15 is 0 Å². The van der Waals surface area contributed by atoms with Gasteiger partial charge in [-0.2, -0.15) is 0 Å². The van der Waals surface area contributed by atoms with E-state index < -0.39 is 6.04 Å². The Balaban J connectivity index is 1.61. The molecule has 0 unspecified atom stereocenters. The summed E-state index contributed by atoms with van der Waals surface area (Å²) in [5, 5.41) is 17.5. The highest BCUT2D eigenvalue weighted by Gasteiger charge is 2.36. The number of carbonyl (C=O) groups excluding carboxylic acids is 1. The predicted octanol–water partition coefficient (Wildman–Crippen LogP) is 6.16. The number of aromatic hydroxyl groups is 1. The molecule has 0 bridgehead atoms. The zero-order valence-electron chi connectivity index (χ0n) is 20.2. The molecule has 0 aromatic heterocycles. The number of anilines is 2. The van der Waals surface area contributed by atoms with Crippen molar-refractivity contribution in [3.63, 3.8) is 0 Å². The molecular formula is C28H27BrN2O5. The number of phenolic OH excluding ortho intramolecular Hbond substituents is 1. The third-order valence-corrected chi connectivity index (χ3v) is 7.40. The maximum Gasteiger partial charge on any atom is 0.172 e. The Hall–Kier alpha value is -3.65. The van der Waals surface area contributed by atoms with Crippen molar-refractivity contribution in [2.24, 2.45) is 0 Å². The van der Waals surface area contributed by atoms with Gasteiger partial charge in [0.25, 0.3) is 0 Å². The first kappa shape index (κ1) is 24.1. The van der Waals surface area contributed by atoms with Crippen molar-refractivity contribution in [3.8, 4) is 23.0 Å². The van der Waals surface area contributed by atoms with Gasteiger partial charge in [-0.1, -0.05) is 18.2 Å². The topological polar surface area (TPSA) is 89.1 Å². The summed E-state index contributed by atoms with van der Waals surface area (Å²) in [5.74, 6) is 1.68. The maximum atomic E-state index is 13.8. The summed E-state index contributed by atoms with van der Waals surface area (Å²) in [5.41, 5.74) is 5.17. The van der Waals surface area contributed by atoms with Crippen LogP contribution in [0.1, 0.15) is 35.9 Å². The van der Waals surface area contributed by atoms with Gasteiger partial charge in [-0.15, -0.1) is 0 Å². The highest BCUT2D eigenvalue weighted by molar-refractivity contribution is 9.10. The van der Waals surface area contributed by atoms with Crippen molar-refractivity contribution in [2.75, 3.05) is 32.0 Å². The number of Topliss-reactive ketones (excluding diaryl/α,β-unsaturated/α-hetero) is 1. The van der Waals surface area contributed by atoms with E-state index in [1.165, 1.54) is 7.11 Å². The first-order chi connectivity index (χ1) is 17.4. The molecule has 3 aromatic carbocycles. The van der Waals surface area contributed by atoms with Crippen LogP contribution in [-0.2, 0) is 4.79 Å². The smallest absolute Gasteiger partial charge is 0.172 e. The lowest BCUT2D eigenvalue weighted by Gasteiger charge is -2.30. The van der Waals surface area contributed by atoms with Crippen LogP contribution in [0.4, 0.5) is 11.4 Å². The van der Waals surface area contributed by atoms with Gasteiger partial charge in [0.1, 0.15) is 0 Å². The Labute approximate surface area is 218 Å². The minimum Gasteiger partial charge on any atom is -0.503 e. The van der Waals surface area contributed by atoms with E-state index in [-0.39, 0.29) is 17.5 Å². The van der Waals surface area contributed by atoms with Gasteiger partial charge in [-0.05, 0) is 75.8 Å². The zero-order valence-corrected chi connectivity index (χ0v) is 21.8. The number of ether oxygens (including phenoxy) is 3. The molecule has 0 saturated heterocycles. The van der Waals surface area contributed by atoms with Gasteiger partial charge in [0.2, 0.25) is 0 Å². The van der Waals surface area contributed by atoms with Crippen LogP contribution in [0.5, 0.6) is 23.0 Å². The lowest BCUT2D eigenvalue weighted by Crippen LogP contribution is -2.27. The van der Waals surface area contributed by atoms with Gasteiger partial charge in [0.15, 0.2) is 28.8 Å².